The molecule has 0 unspecified atom stereocenters. The Morgan fingerprint density at radius 2 is 1.00 bits per heavy atom. The second-order valence-corrected chi connectivity index (χ2v) is 12.4. The number of benzene rings is 2. The molecule has 0 fully saturated rings. The highest BCUT2D eigenvalue weighted by molar-refractivity contribution is 7.90. The van der Waals surface area contributed by atoms with E-state index in [-0.39, 0.29) is 29.4 Å². The van der Waals surface area contributed by atoms with Crippen molar-refractivity contribution in [3.8, 4) is 0 Å². The monoisotopic (exact) mass is 442 g/mol. The molecule has 2 nitrogen and oxygen atoms in total. The molecule has 0 saturated carbocycles. The fraction of sp³-hybridized carbons (Fsp3) is 0.571. The van der Waals surface area contributed by atoms with Crippen LogP contribution in [-0.2, 0) is 15.6 Å². The fourth-order valence-corrected chi connectivity index (χ4v) is 6.56. The van der Waals surface area contributed by atoms with E-state index >= 15 is 0 Å². The van der Waals surface area contributed by atoms with Gasteiger partial charge in [0, 0.05) is 0 Å². The molecule has 0 amide bonds. The van der Waals surface area contributed by atoms with Gasteiger partial charge in [-0.2, -0.15) is 0 Å². The molecule has 0 aliphatic heterocycles. The SMILES string of the molecule is CC(C)c1cc(C(C)C)c(CS(=O)(=O)c2c(C(C)C)cccc2C(C)C)c(C(C)C)c1. The summed E-state index contributed by atoms with van der Waals surface area (Å²) >= 11 is 0. The molecule has 0 aliphatic rings. The van der Waals surface area contributed by atoms with Gasteiger partial charge in [-0.05, 0) is 63.0 Å². The van der Waals surface area contributed by atoms with Crippen LogP contribution < -0.4 is 0 Å². The van der Waals surface area contributed by atoms with Gasteiger partial charge in [0.05, 0.1) is 10.6 Å². The quantitative estimate of drug-likeness (QED) is 0.412. The molecule has 0 saturated heterocycles. The third-order valence-corrected chi connectivity index (χ3v) is 7.98. The number of rotatable bonds is 8. The van der Waals surface area contributed by atoms with Crippen LogP contribution >= 0.6 is 0 Å². The first kappa shape index (κ1) is 25.6. The maximum absolute atomic E-state index is 14.0. The van der Waals surface area contributed by atoms with Crippen LogP contribution in [0.15, 0.2) is 35.2 Å². The van der Waals surface area contributed by atoms with Gasteiger partial charge in [-0.15, -0.1) is 0 Å². The standard InChI is InChI=1S/C28H42O2S/c1-17(2)22-14-25(20(7)8)27(26(15-22)21(9)10)16-31(29,30)28-23(18(3)4)12-11-13-24(28)19(5)6/h11-15,17-21H,16H2,1-10H3. The Labute approximate surface area is 191 Å². The minimum Gasteiger partial charge on any atom is -0.223 e. The molecule has 2 rings (SSSR count). The lowest BCUT2D eigenvalue weighted by Gasteiger charge is -2.25. The summed E-state index contributed by atoms with van der Waals surface area (Å²) in [4.78, 5) is 0.553. The van der Waals surface area contributed by atoms with Gasteiger partial charge >= 0.3 is 0 Å². The highest BCUT2D eigenvalue weighted by atomic mass is 32.2. The van der Waals surface area contributed by atoms with Crippen molar-refractivity contribution in [2.75, 3.05) is 0 Å². The molecule has 2 aromatic rings. The average molecular weight is 443 g/mol. The second-order valence-electron chi connectivity index (χ2n) is 10.5. The van der Waals surface area contributed by atoms with E-state index in [0.717, 1.165) is 16.7 Å². The van der Waals surface area contributed by atoms with Crippen LogP contribution in [0.2, 0.25) is 0 Å². The van der Waals surface area contributed by atoms with Gasteiger partial charge in [0.25, 0.3) is 0 Å². The molecule has 3 heteroatoms. The summed E-state index contributed by atoms with van der Waals surface area (Å²) in [6.07, 6.45) is 0. The van der Waals surface area contributed by atoms with Gasteiger partial charge in [-0.25, -0.2) is 8.42 Å². The van der Waals surface area contributed by atoms with Gasteiger partial charge in [0.15, 0.2) is 9.84 Å². The van der Waals surface area contributed by atoms with Gasteiger partial charge in [-0.3, -0.25) is 0 Å². The zero-order valence-corrected chi connectivity index (χ0v) is 22.0. The molecule has 0 N–H and O–H groups in total. The summed E-state index contributed by atoms with van der Waals surface area (Å²) in [5.74, 6) is 1.32. The largest absolute Gasteiger partial charge is 0.223 e. The smallest absolute Gasteiger partial charge is 0.183 e. The maximum atomic E-state index is 14.0. The van der Waals surface area contributed by atoms with E-state index in [0.29, 0.717) is 10.8 Å². The van der Waals surface area contributed by atoms with Crippen molar-refractivity contribution in [1.29, 1.82) is 0 Å². The Morgan fingerprint density at radius 1 is 0.613 bits per heavy atom. The third kappa shape index (κ3) is 5.61. The molecular formula is C28H42O2S. The zero-order valence-electron chi connectivity index (χ0n) is 21.2. The number of sulfone groups is 1. The lowest BCUT2D eigenvalue weighted by molar-refractivity contribution is 0.589. The molecule has 0 radical (unpaired) electrons. The van der Waals surface area contributed by atoms with Crippen molar-refractivity contribution < 1.29 is 8.42 Å². The van der Waals surface area contributed by atoms with Crippen molar-refractivity contribution >= 4 is 9.84 Å². The normalized spacial score (nSPS) is 12.7. The topological polar surface area (TPSA) is 34.1 Å². The molecule has 31 heavy (non-hydrogen) atoms. The molecule has 0 bridgehead atoms. The molecule has 0 aromatic heterocycles. The molecule has 0 aliphatic carbocycles. The van der Waals surface area contributed by atoms with Crippen LogP contribution in [0.4, 0.5) is 0 Å². The Bertz CT molecular complexity index is 954. The minimum atomic E-state index is -3.51. The first-order chi connectivity index (χ1) is 14.3. The number of hydrogen-bond acceptors (Lipinski definition) is 2. The highest BCUT2D eigenvalue weighted by Gasteiger charge is 2.28. The van der Waals surface area contributed by atoms with E-state index < -0.39 is 9.84 Å². The van der Waals surface area contributed by atoms with Crippen molar-refractivity contribution in [3.05, 3.63) is 63.7 Å². The van der Waals surface area contributed by atoms with E-state index in [1.54, 1.807) is 0 Å². The van der Waals surface area contributed by atoms with Gasteiger partial charge in [-0.1, -0.05) is 99.6 Å². The van der Waals surface area contributed by atoms with Crippen molar-refractivity contribution in [3.63, 3.8) is 0 Å². The second kappa shape index (κ2) is 9.90. The Morgan fingerprint density at radius 3 is 1.32 bits per heavy atom. The highest BCUT2D eigenvalue weighted by Crippen LogP contribution is 2.37. The van der Waals surface area contributed by atoms with E-state index in [1.165, 1.54) is 16.7 Å². The average Bonchev–Trinajstić information content (AvgIpc) is 2.66. The summed E-state index contributed by atoms with van der Waals surface area (Å²) in [5, 5.41) is 0. The molecule has 2 aromatic carbocycles. The van der Waals surface area contributed by atoms with Crippen LogP contribution in [-0.4, -0.2) is 8.42 Å². The maximum Gasteiger partial charge on any atom is 0.183 e. The minimum absolute atomic E-state index is 0.0653. The van der Waals surface area contributed by atoms with Crippen molar-refractivity contribution in [2.45, 2.75) is 109 Å². The Balaban J connectivity index is 2.79. The molecule has 172 valence electrons. The van der Waals surface area contributed by atoms with Gasteiger partial charge < -0.3 is 0 Å². The van der Waals surface area contributed by atoms with E-state index in [1.807, 2.05) is 18.2 Å². The van der Waals surface area contributed by atoms with E-state index in [4.69, 9.17) is 0 Å². The van der Waals surface area contributed by atoms with Crippen LogP contribution in [0.1, 0.15) is 132 Å². The van der Waals surface area contributed by atoms with E-state index in [9.17, 15) is 8.42 Å². The molecular weight excluding hydrogens is 400 g/mol. The lowest BCUT2D eigenvalue weighted by Crippen LogP contribution is -2.16. The number of hydrogen-bond donors (Lipinski definition) is 0. The predicted octanol–water partition coefficient (Wildman–Crippen LogP) is 8.28. The third-order valence-electron chi connectivity index (χ3n) is 6.22. The summed E-state index contributed by atoms with van der Waals surface area (Å²) in [6.45, 7) is 21.4. The summed E-state index contributed by atoms with van der Waals surface area (Å²) in [5.41, 5.74) is 6.50. The van der Waals surface area contributed by atoms with E-state index in [2.05, 4.69) is 81.4 Å². The van der Waals surface area contributed by atoms with Crippen LogP contribution in [0.5, 0.6) is 0 Å². The van der Waals surface area contributed by atoms with Gasteiger partial charge in [0.1, 0.15) is 0 Å². The predicted molar refractivity (Wildman–Crippen MR) is 134 cm³/mol. The van der Waals surface area contributed by atoms with Crippen LogP contribution in [0.25, 0.3) is 0 Å². The zero-order chi connectivity index (χ0) is 23.7. The summed E-state index contributed by atoms with van der Waals surface area (Å²) in [7, 11) is -3.51. The molecule has 0 spiro atoms. The first-order valence-corrected chi connectivity index (χ1v) is 13.4. The fourth-order valence-electron chi connectivity index (χ4n) is 4.38. The lowest BCUT2D eigenvalue weighted by atomic mass is 9.85. The van der Waals surface area contributed by atoms with Crippen molar-refractivity contribution in [2.24, 2.45) is 0 Å². The van der Waals surface area contributed by atoms with Crippen LogP contribution in [0, 0.1) is 0 Å². The molecule has 0 heterocycles. The first-order valence-electron chi connectivity index (χ1n) is 11.8. The summed E-state index contributed by atoms with van der Waals surface area (Å²) < 4.78 is 28.0. The van der Waals surface area contributed by atoms with Gasteiger partial charge in [0.2, 0.25) is 0 Å². The summed E-state index contributed by atoms with van der Waals surface area (Å²) in [6, 6.07) is 10.4. The Hall–Kier alpha value is -1.61. The van der Waals surface area contributed by atoms with Crippen molar-refractivity contribution in [1.82, 2.24) is 0 Å². The van der Waals surface area contributed by atoms with Crippen LogP contribution in [0.3, 0.4) is 0 Å². The molecule has 0 atom stereocenters. The Kier molecular flexibility index (Phi) is 8.19.